The number of halogens is 1. The molecule has 9 heteroatoms. The highest BCUT2D eigenvalue weighted by Gasteiger charge is 2.17. The Morgan fingerprint density at radius 1 is 1.24 bits per heavy atom. The van der Waals surface area contributed by atoms with Gasteiger partial charge >= 0.3 is 0 Å². The second kappa shape index (κ2) is 8.46. The van der Waals surface area contributed by atoms with Crippen LogP contribution in [0.15, 0.2) is 24.3 Å². The van der Waals surface area contributed by atoms with Crippen LogP contribution in [-0.4, -0.2) is 42.6 Å². The van der Waals surface area contributed by atoms with Crippen molar-refractivity contribution in [1.29, 1.82) is 0 Å². The lowest BCUT2D eigenvalue weighted by Crippen LogP contribution is -2.37. The molecule has 1 heterocycles. The van der Waals surface area contributed by atoms with E-state index in [0.29, 0.717) is 5.82 Å². The third-order valence-corrected chi connectivity index (χ3v) is 4.48. The summed E-state index contributed by atoms with van der Waals surface area (Å²) in [5, 5.41) is 9.52. The third-order valence-electron chi connectivity index (χ3n) is 3.50. The standard InChI is InChI=1S/C16H22N4O3S.ClH/c1-10-6-11(2)8-12(7-10)14-9-15(20-19-14)18-16(21)13(17)4-5-24(3,22)23;/h6-9,13H,4-5,17H2,1-3H3,(H2,18,19,20,21);1H. The van der Waals surface area contributed by atoms with Crippen molar-refractivity contribution < 1.29 is 13.2 Å². The first-order chi connectivity index (χ1) is 11.1. The highest BCUT2D eigenvalue weighted by molar-refractivity contribution is 7.90. The van der Waals surface area contributed by atoms with Gasteiger partial charge in [0.15, 0.2) is 5.82 Å². The Labute approximate surface area is 153 Å². The quantitative estimate of drug-likeness (QED) is 0.699. The van der Waals surface area contributed by atoms with E-state index in [0.717, 1.165) is 28.6 Å². The van der Waals surface area contributed by atoms with E-state index in [1.165, 1.54) is 0 Å². The molecule has 1 amide bonds. The Kier molecular flexibility index (Phi) is 7.16. The number of anilines is 1. The van der Waals surface area contributed by atoms with Crippen LogP contribution in [0.1, 0.15) is 17.5 Å². The fourth-order valence-corrected chi connectivity index (χ4v) is 3.04. The molecule has 138 valence electrons. The molecule has 1 aromatic heterocycles. The predicted octanol–water partition coefficient (Wildman–Crippen LogP) is 1.82. The Morgan fingerprint density at radius 2 is 1.84 bits per heavy atom. The monoisotopic (exact) mass is 386 g/mol. The van der Waals surface area contributed by atoms with Crippen LogP contribution in [0.3, 0.4) is 0 Å². The number of aromatic nitrogens is 2. The van der Waals surface area contributed by atoms with Crippen molar-refractivity contribution in [2.75, 3.05) is 17.3 Å². The summed E-state index contributed by atoms with van der Waals surface area (Å²) in [6, 6.07) is 6.92. The maximum Gasteiger partial charge on any atom is 0.242 e. The van der Waals surface area contributed by atoms with Gasteiger partial charge in [0.2, 0.25) is 5.91 Å². The summed E-state index contributed by atoms with van der Waals surface area (Å²) in [6.45, 7) is 4.02. The topological polar surface area (TPSA) is 118 Å². The number of nitrogens with two attached hydrogens (primary N) is 1. The summed E-state index contributed by atoms with van der Waals surface area (Å²) in [6.07, 6.45) is 1.18. The number of H-pyrrole nitrogens is 1. The number of nitrogens with one attached hydrogen (secondary N) is 2. The average molecular weight is 387 g/mol. The average Bonchev–Trinajstić information content (AvgIpc) is 2.91. The molecule has 4 N–H and O–H groups in total. The minimum absolute atomic E-state index is 0. The number of amides is 1. The van der Waals surface area contributed by atoms with Gasteiger partial charge in [-0.25, -0.2) is 8.42 Å². The zero-order valence-corrected chi connectivity index (χ0v) is 16.0. The number of hydrogen-bond donors (Lipinski definition) is 3. The Hall–Kier alpha value is -1.90. The lowest BCUT2D eigenvalue weighted by molar-refractivity contribution is -0.117. The predicted molar refractivity (Wildman–Crippen MR) is 102 cm³/mol. The number of sulfone groups is 1. The number of carbonyl (C=O) groups is 1. The van der Waals surface area contributed by atoms with Gasteiger partial charge in [0, 0.05) is 17.9 Å². The number of carbonyl (C=O) groups excluding carboxylic acids is 1. The van der Waals surface area contributed by atoms with Gasteiger partial charge in [-0.3, -0.25) is 9.89 Å². The van der Waals surface area contributed by atoms with Crippen LogP contribution >= 0.6 is 12.4 Å². The van der Waals surface area contributed by atoms with Crippen LogP contribution in [0.5, 0.6) is 0 Å². The molecule has 0 aliphatic carbocycles. The molecule has 0 aliphatic heterocycles. The van der Waals surface area contributed by atoms with Gasteiger partial charge in [-0.2, -0.15) is 5.10 Å². The van der Waals surface area contributed by atoms with Crippen molar-refractivity contribution in [3.8, 4) is 11.3 Å². The second-order valence-corrected chi connectivity index (χ2v) is 8.32. The first kappa shape index (κ1) is 21.1. The normalized spacial score (nSPS) is 12.3. The minimum atomic E-state index is -3.15. The molecule has 0 radical (unpaired) electrons. The van der Waals surface area contributed by atoms with Gasteiger partial charge in [0.05, 0.1) is 17.5 Å². The van der Waals surface area contributed by atoms with Gasteiger partial charge in [0.25, 0.3) is 0 Å². The number of rotatable bonds is 6. The molecule has 0 bridgehead atoms. The number of aromatic amines is 1. The largest absolute Gasteiger partial charge is 0.320 e. The molecule has 2 rings (SSSR count). The lowest BCUT2D eigenvalue weighted by Gasteiger charge is -2.09. The maximum atomic E-state index is 12.0. The van der Waals surface area contributed by atoms with E-state index in [9.17, 15) is 13.2 Å². The van der Waals surface area contributed by atoms with E-state index in [1.54, 1.807) is 6.07 Å². The van der Waals surface area contributed by atoms with Crippen LogP contribution in [0, 0.1) is 13.8 Å². The van der Waals surface area contributed by atoms with Gasteiger partial charge in [-0.1, -0.05) is 17.2 Å². The summed E-state index contributed by atoms with van der Waals surface area (Å²) in [5.41, 5.74) is 9.73. The zero-order valence-electron chi connectivity index (χ0n) is 14.4. The Bertz CT molecular complexity index is 829. The molecule has 0 saturated heterocycles. The van der Waals surface area contributed by atoms with Crippen molar-refractivity contribution >= 4 is 34.0 Å². The zero-order chi connectivity index (χ0) is 17.9. The SMILES string of the molecule is Cc1cc(C)cc(-c2cc(NC(=O)C(N)CCS(C)(=O)=O)n[nH]2)c1.Cl. The molecule has 0 saturated carbocycles. The van der Waals surface area contributed by atoms with E-state index < -0.39 is 21.8 Å². The fraction of sp³-hybridized carbons (Fsp3) is 0.375. The molecule has 2 aromatic rings. The van der Waals surface area contributed by atoms with Crippen molar-refractivity contribution in [2.45, 2.75) is 26.3 Å². The van der Waals surface area contributed by atoms with E-state index in [4.69, 9.17) is 5.73 Å². The van der Waals surface area contributed by atoms with Crippen molar-refractivity contribution in [3.05, 3.63) is 35.4 Å². The van der Waals surface area contributed by atoms with Crippen LogP contribution < -0.4 is 11.1 Å². The van der Waals surface area contributed by atoms with Crippen LogP contribution in [0.25, 0.3) is 11.3 Å². The molecule has 1 atom stereocenters. The van der Waals surface area contributed by atoms with E-state index >= 15 is 0 Å². The maximum absolute atomic E-state index is 12.0. The number of nitrogens with zero attached hydrogens (tertiary/aromatic N) is 1. The van der Waals surface area contributed by atoms with E-state index in [-0.39, 0.29) is 24.6 Å². The third kappa shape index (κ3) is 6.49. The first-order valence-corrected chi connectivity index (χ1v) is 9.58. The summed E-state index contributed by atoms with van der Waals surface area (Å²) >= 11 is 0. The molecule has 0 aliphatic rings. The molecule has 7 nitrogen and oxygen atoms in total. The molecule has 1 aromatic carbocycles. The van der Waals surface area contributed by atoms with Crippen molar-refractivity contribution in [1.82, 2.24) is 10.2 Å². The van der Waals surface area contributed by atoms with Crippen LogP contribution in [0.2, 0.25) is 0 Å². The Balaban J connectivity index is 0.00000312. The van der Waals surface area contributed by atoms with E-state index in [1.807, 2.05) is 26.0 Å². The molecule has 25 heavy (non-hydrogen) atoms. The van der Waals surface area contributed by atoms with Crippen molar-refractivity contribution in [3.63, 3.8) is 0 Å². The number of hydrogen-bond acceptors (Lipinski definition) is 5. The molecule has 0 spiro atoms. The van der Waals surface area contributed by atoms with Crippen molar-refractivity contribution in [2.24, 2.45) is 5.73 Å². The molecular weight excluding hydrogens is 364 g/mol. The van der Waals surface area contributed by atoms with Gasteiger partial charge in [-0.15, -0.1) is 12.4 Å². The summed E-state index contributed by atoms with van der Waals surface area (Å²) < 4.78 is 22.3. The molecule has 1 unspecified atom stereocenters. The van der Waals surface area contributed by atoms with Crippen LogP contribution in [0.4, 0.5) is 5.82 Å². The smallest absolute Gasteiger partial charge is 0.242 e. The number of aryl methyl sites for hydroxylation is 2. The highest BCUT2D eigenvalue weighted by atomic mass is 35.5. The molecule has 0 fully saturated rings. The summed E-state index contributed by atoms with van der Waals surface area (Å²) in [5.74, 6) is -0.239. The summed E-state index contributed by atoms with van der Waals surface area (Å²) in [4.78, 5) is 12.0. The van der Waals surface area contributed by atoms with Gasteiger partial charge < -0.3 is 11.1 Å². The molecular formula is C16H23ClN4O3S. The second-order valence-electron chi connectivity index (χ2n) is 6.06. The minimum Gasteiger partial charge on any atom is -0.320 e. The highest BCUT2D eigenvalue weighted by Crippen LogP contribution is 2.22. The Morgan fingerprint density at radius 3 is 2.40 bits per heavy atom. The summed E-state index contributed by atoms with van der Waals surface area (Å²) in [7, 11) is -3.15. The fourth-order valence-electron chi connectivity index (χ4n) is 2.35. The first-order valence-electron chi connectivity index (χ1n) is 7.52. The van der Waals surface area contributed by atoms with E-state index in [2.05, 4.69) is 21.6 Å². The lowest BCUT2D eigenvalue weighted by atomic mass is 10.1. The number of benzene rings is 1. The van der Waals surface area contributed by atoms with Gasteiger partial charge in [-0.05, 0) is 32.4 Å². The van der Waals surface area contributed by atoms with Crippen LogP contribution in [-0.2, 0) is 14.6 Å². The van der Waals surface area contributed by atoms with Gasteiger partial charge in [0.1, 0.15) is 9.84 Å².